The van der Waals surface area contributed by atoms with E-state index in [-0.39, 0.29) is 28.5 Å². The number of hydrogen-bond acceptors (Lipinski definition) is 3. The Morgan fingerprint density at radius 3 is 2.00 bits per heavy atom. The fourth-order valence-corrected chi connectivity index (χ4v) is 4.17. The summed E-state index contributed by atoms with van der Waals surface area (Å²) in [5, 5.41) is 16.8. The Hall–Kier alpha value is -3.02. The average Bonchev–Trinajstić information content (AvgIpc) is 2.79. The van der Waals surface area contributed by atoms with E-state index in [9.17, 15) is 14.7 Å². The molecule has 0 spiro atoms. The molecule has 2 aromatic rings. The molecule has 3 N–H and O–H groups in total. The van der Waals surface area contributed by atoms with Gasteiger partial charge in [-0.25, -0.2) is 4.79 Å². The zero-order valence-electron chi connectivity index (χ0n) is 23.4. The average molecular weight is 496 g/mol. The monoisotopic (exact) mass is 495 g/mol. The number of carbonyl (C=O) groups is 2. The Morgan fingerprint density at radius 2 is 1.44 bits per heavy atom. The first-order chi connectivity index (χ1) is 16.8. The van der Waals surface area contributed by atoms with E-state index in [1.807, 2.05) is 59.7 Å². The first-order valence-electron chi connectivity index (χ1n) is 13.1. The maximum absolute atomic E-state index is 13.7. The second-order valence-electron chi connectivity index (χ2n) is 11.6. The first-order valence-corrected chi connectivity index (χ1v) is 13.1. The molecule has 36 heavy (non-hydrogen) atoms. The predicted octanol–water partition coefficient (Wildman–Crippen LogP) is 7.36. The highest BCUT2D eigenvalue weighted by Gasteiger charge is 2.29. The third-order valence-corrected chi connectivity index (χ3v) is 6.36. The van der Waals surface area contributed by atoms with Gasteiger partial charge in [0, 0.05) is 30.3 Å². The normalized spacial score (nSPS) is 11.8. The van der Waals surface area contributed by atoms with Crippen LogP contribution in [0.1, 0.15) is 102 Å². The number of nitrogens with one attached hydrogen (secondary N) is 2. The topological polar surface area (TPSA) is 81.7 Å². The van der Waals surface area contributed by atoms with Crippen molar-refractivity contribution in [1.29, 1.82) is 0 Å². The molecule has 0 aliphatic heterocycles. The summed E-state index contributed by atoms with van der Waals surface area (Å²) in [6.45, 7) is 14.9. The van der Waals surface area contributed by atoms with Crippen LogP contribution < -0.4 is 15.5 Å². The number of benzene rings is 2. The molecule has 6 nitrogen and oxygen atoms in total. The van der Waals surface area contributed by atoms with Gasteiger partial charge >= 0.3 is 6.03 Å². The number of nitrogens with zero attached hydrogens (tertiary/aromatic N) is 1. The minimum atomic E-state index is -0.340. The molecular formula is C30H45N3O3. The molecule has 3 amide bonds. The van der Waals surface area contributed by atoms with Crippen LogP contribution >= 0.6 is 0 Å². The summed E-state index contributed by atoms with van der Waals surface area (Å²) in [5.74, 6) is 0.0271. The van der Waals surface area contributed by atoms with E-state index in [1.54, 1.807) is 30.1 Å². The molecule has 0 saturated carbocycles. The van der Waals surface area contributed by atoms with Crippen LogP contribution in [-0.2, 0) is 10.8 Å². The van der Waals surface area contributed by atoms with E-state index in [0.717, 1.165) is 24.0 Å². The van der Waals surface area contributed by atoms with Gasteiger partial charge in [0.15, 0.2) is 0 Å². The molecule has 6 heteroatoms. The Balaban J connectivity index is 2.27. The van der Waals surface area contributed by atoms with Crippen molar-refractivity contribution in [3.8, 4) is 5.75 Å². The molecule has 0 aliphatic carbocycles. The molecule has 198 valence electrons. The number of carbonyl (C=O) groups excluding carboxylic acids is 2. The lowest BCUT2D eigenvalue weighted by molar-refractivity contribution is 0.0992. The van der Waals surface area contributed by atoms with Gasteiger partial charge in [0.25, 0.3) is 5.91 Å². The second kappa shape index (κ2) is 12.3. The van der Waals surface area contributed by atoms with Crippen molar-refractivity contribution in [2.24, 2.45) is 0 Å². The van der Waals surface area contributed by atoms with Crippen LogP contribution in [0.2, 0.25) is 0 Å². The largest absolute Gasteiger partial charge is 0.507 e. The molecule has 0 bridgehead atoms. The molecule has 0 radical (unpaired) electrons. The zero-order chi connectivity index (χ0) is 27.1. The van der Waals surface area contributed by atoms with Crippen LogP contribution in [0.5, 0.6) is 5.75 Å². The second-order valence-corrected chi connectivity index (χ2v) is 11.6. The Morgan fingerprint density at radius 1 is 0.889 bits per heavy atom. The first kappa shape index (κ1) is 29.2. The molecule has 0 heterocycles. The molecule has 0 aromatic heterocycles. The summed E-state index contributed by atoms with van der Waals surface area (Å²) in [6.07, 6.45) is 5.63. The van der Waals surface area contributed by atoms with Crippen LogP contribution in [0.25, 0.3) is 0 Å². The molecule has 0 aliphatic rings. The van der Waals surface area contributed by atoms with Crippen molar-refractivity contribution in [1.82, 2.24) is 5.32 Å². The summed E-state index contributed by atoms with van der Waals surface area (Å²) >= 11 is 0. The molecular weight excluding hydrogens is 450 g/mol. The van der Waals surface area contributed by atoms with Crippen molar-refractivity contribution in [3.05, 3.63) is 53.1 Å². The van der Waals surface area contributed by atoms with E-state index in [2.05, 4.69) is 17.6 Å². The van der Waals surface area contributed by atoms with E-state index >= 15 is 0 Å². The predicted molar refractivity (Wildman–Crippen MR) is 150 cm³/mol. The van der Waals surface area contributed by atoms with Gasteiger partial charge in [0.05, 0.1) is 11.4 Å². The van der Waals surface area contributed by atoms with Crippen molar-refractivity contribution in [2.75, 3.05) is 23.8 Å². The summed E-state index contributed by atoms with van der Waals surface area (Å²) in [6, 6.07) is 10.6. The van der Waals surface area contributed by atoms with Gasteiger partial charge in [0.1, 0.15) is 5.75 Å². The van der Waals surface area contributed by atoms with E-state index in [4.69, 9.17) is 0 Å². The van der Waals surface area contributed by atoms with Gasteiger partial charge in [-0.05, 0) is 41.5 Å². The number of hydrogen-bond donors (Lipinski definition) is 3. The summed E-state index contributed by atoms with van der Waals surface area (Å²) in [5.41, 5.74) is 2.44. The smallest absolute Gasteiger partial charge is 0.319 e. The molecule has 2 aromatic carbocycles. The third kappa shape index (κ3) is 7.74. The lowest BCUT2D eigenvalue weighted by atomic mass is 9.78. The van der Waals surface area contributed by atoms with Gasteiger partial charge < -0.3 is 20.6 Å². The molecule has 0 fully saturated rings. The van der Waals surface area contributed by atoms with E-state index in [1.165, 1.54) is 19.3 Å². The Kier molecular flexibility index (Phi) is 9.97. The summed E-state index contributed by atoms with van der Waals surface area (Å²) in [4.78, 5) is 27.7. The molecule has 2 rings (SSSR count). The number of rotatable bonds is 9. The number of para-hydroxylation sites is 2. The van der Waals surface area contributed by atoms with Gasteiger partial charge in [-0.2, -0.15) is 0 Å². The summed E-state index contributed by atoms with van der Waals surface area (Å²) < 4.78 is 0. The quantitative estimate of drug-likeness (QED) is 0.318. The fraction of sp³-hybridized carbons (Fsp3) is 0.533. The molecule has 0 saturated heterocycles. The van der Waals surface area contributed by atoms with Crippen LogP contribution in [0.3, 0.4) is 0 Å². The number of amides is 3. The number of unbranched alkanes of at least 4 members (excludes halogenated alkanes) is 4. The standard InChI is InChI=1S/C30H45N3O3/c1-9-10-11-12-15-18-31-28(36)32-24-16-13-14-17-25(24)33(8)27(35)21-19-22(29(2,3)4)26(34)23(20-21)30(5,6)7/h13-14,16-17,19-20,34H,9-12,15,18H2,1-8H3,(H2,31,32,36). The lowest BCUT2D eigenvalue weighted by Gasteiger charge is -2.29. The van der Waals surface area contributed by atoms with Crippen LogP contribution in [0, 0.1) is 0 Å². The number of aromatic hydroxyl groups is 1. The maximum Gasteiger partial charge on any atom is 0.319 e. The Bertz CT molecular complexity index is 1010. The van der Waals surface area contributed by atoms with Gasteiger partial charge in [-0.3, -0.25) is 4.79 Å². The number of phenols is 1. The lowest BCUT2D eigenvalue weighted by Crippen LogP contribution is -2.32. The minimum absolute atomic E-state index is 0.211. The van der Waals surface area contributed by atoms with Gasteiger partial charge in [-0.15, -0.1) is 0 Å². The minimum Gasteiger partial charge on any atom is -0.507 e. The van der Waals surface area contributed by atoms with Crippen molar-refractivity contribution >= 4 is 23.3 Å². The fourth-order valence-electron chi connectivity index (χ4n) is 4.17. The van der Waals surface area contributed by atoms with Crippen LogP contribution in [-0.4, -0.2) is 30.6 Å². The number of urea groups is 1. The van der Waals surface area contributed by atoms with Crippen molar-refractivity contribution in [3.63, 3.8) is 0 Å². The van der Waals surface area contributed by atoms with Crippen LogP contribution in [0.4, 0.5) is 16.2 Å². The highest BCUT2D eigenvalue weighted by atomic mass is 16.3. The molecule has 0 unspecified atom stereocenters. The van der Waals surface area contributed by atoms with E-state index < -0.39 is 0 Å². The molecule has 0 atom stereocenters. The number of anilines is 2. The van der Waals surface area contributed by atoms with Crippen molar-refractivity contribution < 1.29 is 14.7 Å². The van der Waals surface area contributed by atoms with E-state index in [0.29, 0.717) is 23.5 Å². The van der Waals surface area contributed by atoms with Gasteiger partial charge in [0.2, 0.25) is 0 Å². The van der Waals surface area contributed by atoms with Crippen molar-refractivity contribution in [2.45, 2.75) is 91.4 Å². The van der Waals surface area contributed by atoms with Crippen LogP contribution in [0.15, 0.2) is 36.4 Å². The third-order valence-electron chi connectivity index (χ3n) is 6.36. The SMILES string of the molecule is CCCCCCCNC(=O)Nc1ccccc1N(C)C(=O)c1cc(C(C)(C)C)c(O)c(C(C)(C)C)c1. The Labute approximate surface area is 217 Å². The number of phenolic OH excluding ortho intramolecular Hbond substituents is 1. The highest BCUT2D eigenvalue weighted by Crippen LogP contribution is 2.40. The maximum atomic E-state index is 13.7. The van der Waals surface area contributed by atoms with Gasteiger partial charge in [-0.1, -0.05) is 86.3 Å². The zero-order valence-corrected chi connectivity index (χ0v) is 23.4. The highest BCUT2D eigenvalue weighted by molar-refractivity contribution is 6.09. The summed E-state index contributed by atoms with van der Waals surface area (Å²) in [7, 11) is 1.70.